The van der Waals surface area contributed by atoms with Gasteiger partial charge in [0.15, 0.2) is 0 Å². The Labute approximate surface area is 187 Å². The van der Waals surface area contributed by atoms with Crippen LogP contribution in [-0.4, -0.2) is 67.9 Å². The quantitative estimate of drug-likeness (QED) is 0.538. The molecule has 31 heavy (non-hydrogen) atoms. The summed E-state index contributed by atoms with van der Waals surface area (Å²) >= 11 is 1.46. The third kappa shape index (κ3) is 5.76. The molecule has 2 aliphatic rings. The van der Waals surface area contributed by atoms with Gasteiger partial charge in [0.25, 0.3) is 11.8 Å². The minimum Gasteiger partial charge on any atom is -0.352 e. The van der Waals surface area contributed by atoms with Crippen LogP contribution >= 0.6 is 11.8 Å². The molecular formula is C24H28N4O2S. The van der Waals surface area contributed by atoms with E-state index in [1.807, 2.05) is 54.6 Å². The monoisotopic (exact) mass is 436 g/mol. The number of fused-ring (bicyclic) bond motifs is 1. The van der Waals surface area contributed by atoms with Crippen molar-refractivity contribution in [3.8, 4) is 0 Å². The summed E-state index contributed by atoms with van der Waals surface area (Å²) in [5, 5.41) is 5.92. The molecule has 2 heterocycles. The maximum atomic E-state index is 12.4. The van der Waals surface area contributed by atoms with Gasteiger partial charge in [-0.3, -0.25) is 9.59 Å². The minimum atomic E-state index is -0.106. The molecule has 0 saturated carbocycles. The number of thioether (sulfide) groups is 1. The zero-order valence-corrected chi connectivity index (χ0v) is 18.6. The highest BCUT2D eigenvalue weighted by atomic mass is 32.2. The normalized spacial score (nSPS) is 18.5. The van der Waals surface area contributed by atoms with Gasteiger partial charge in [-0.1, -0.05) is 36.0 Å². The van der Waals surface area contributed by atoms with E-state index in [2.05, 4.69) is 27.5 Å². The number of para-hydroxylation sites is 1. The predicted octanol–water partition coefficient (Wildman–Crippen LogP) is 3.14. The van der Waals surface area contributed by atoms with Crippen LogP contribution in [0.2, 0.25) is 0 Å². The number of hydrogen-bond donors (Lipinski definition) is 2. The molecule has 1 saturated heterocycles. The SMILES string of the molecule is CN1CCN(CCCNC(=O)c2ccc(C=C3Sc4ccccc4NC3=O)cc2)CC1. The van der Waals surface area contributed by atoms with Gasteiger partial charge in [-0.2, -0.15) is 0 Å². The number of rotatable bonds is 6. The fourth-order valence-corrected chi connectivity index (χ4v) is 4.61. The molecule has 162 valence electrons. The molecule has 1 fully saturated rings. The molecule has 6 nitrogen and oxygen atoms in total. The van der Waals surface area contributed by atoms with Crippen LogP contribution in [0.3, 0.4) is 0 Å². The Bertz CT molecular complexity index is 966. The lowest BCUT2D eigenvalue weighted by Gasteiger charge is -2.32. The minimum absolute atomic E-state index is 0.0590. The van der Waals surface area contributed by atoms with Gasteiger partial charge in [0, 0.05) is 43.2 Å². The molecule has 0 aromatic heterocycles. The Morgan fingerprint density at radius 3 is 2.61 bits per heavy atom. The summed E-state index contributed by atoms with van der Waals surface area (Å²) in [5.41, 5.74) is 2.37. The van der Waals surface area contributed by atoms with Crippen molar-refractivity contribution in [2.45, 2.75) is 11.3 Å². The van der Waals surface area contributed by atoms with Crippen molar-refractivity contribution in [2.24, 2.45) is 0 Å². The lowest BCUT2D eigenvalue weighted by molar-refractivity contribution is -0.112. The zero-order chi connectivity index (χ0) is 21.6. The van der Waals surface area contributed by atoms with Gasteiger partial charge in [0.1, 0.15) is 0 Å². The highest BCUT2D eigenvalue weighted by molar-refractivity contribution is 8.04. The molecular weight excluding hydrogens is 408 g/mol. The van der Waals surface area contributed by atoms with Crippen molar-refractivity contribution in [2.75, 3.05) is 51.6 Å². The van der Waals surface area contributed by atoms with E-state index >= 15 is 0 Å². The van der Waals surface area contributed by atoms with Crippen LogP contribution in [0.25, 0.3) is 6.08 Å². The predicted molar refractivity (Wildman–Crippen MR) is 126 cm³/mol. The van der Waals surface area contributed by atoms with Crippen molar-refractivity contribution in [1.82, 2.24) is 15.1 Å². The van der Waals surface area contributed by atoms with Crippen LogP contribution in [0.5, 0.6) is 0 Å². The molecule has 0 unspecified atom stereocenters. The summed E-state index contributed by atoms with van der Waals surface area (Å²) in [6, 6.07) is 15.1. The number of hydrogen-bond acceptors (Lipinski definition) is 5. The molecule has 2 aromatic rings. The van der Waals surface area contributed by atoms with Gasteiger partial charge < -0.3 is 20.4 Å². The van der Waals surface area contributed by atoms with E-state index in [0.717, 1.165) is 55.3 Å². The molecule has 0 radical (unpaired) electrons. The van der Waals surface area contributed by atoms with Crippen LogP contribution < -0.4 is 10.6 Å². The maximum Gasteiger partial charge on any atom is 0.262 e. The van der Waals surface area contributed by atoms with Gasteiger partial charge in [-0.15, -0.1) is 0 Å². The fraction of sp³-hybridized carbons (Fsp3) is 0.333. The Morgan fingerprint density at radius 1 is 1.10 bits per heavy atom. The summed E-state index contributed by atoms with van der Waals surface area (Å²) in [5.74, 6) is -0.165. The smallest absolute Gasteiger partial charge is 0.262 e. The summed E-state index contributed by atoms with van der Waals surface area (Å²) < 4.78 is 0. The van der Waals surface area contributed by atoms with E-state index in [-0.39, 0.29) is 11.8 Å². The second-order valence-electron chi connectivity index (χ2n) is 7.94. The first-order valence-corrected chi connectivity index (χ1v) is 11.5. The summed E-state index contributed by atoms with van der Waals surface area (Å²) in [6.45, 7) is 6.12. The van der Waals surface area contributed by atoms with Gasteiger partial charge in [0.2, 0.25) is 0 Å². The summed E-state index contributed by atoms with van der Waals surface area (Å²) in [4.78, 5) is 31.2. The second-order valence-corrected chi connectivity index (χ2v) is 9.02. The number of carbonyl (C=O) groups is 2. The summed E-state index contributed by atoms with van der Waals surface area (Å²) in [6.07, 6.45) is 2.81. The van der Waals surface area contributed by atoms with E-state index in [9.17, 15) is 9.59 Å². The van der Waals surface area contributed by atoms with E-state index in [4.69, 9.17) is 0 Å². The third-order valence-corrected chi connectivity index (χ3v) is 6.68. The Morgan fingerprint density at radius 2 is 1.84 bits per heavy atom. The van der Waals surface area contributed by atoms with Crippen molar-refractivity contribution >= 4 is 35.3 Å². The first-order chi connectivity index (χ1) is 15.1. The molecule has 2 amide bonds. The Kier molecular flexibility index (Phi) is 7.06. The topological polar surface area (TPSA) is 64.7 Å². The lowest BCUT2D eigenvalue weighted by Crippen LogP contribution is -2.45. The van der Waals surface area contributed by atoms with E-state index in [1.54, 1.807) is 0 Å². The number of anilines is 1. The van der Waals surface area contributed by atoms with E-state index in [0.29, 0.717) is 17.0 Å². The van der Waals surface area contributed by atoms with Gasteiger partial charge in [0.05, 0.1) is 10.6 Å². The number of nitrogens with one attached hydrogen (secondary N) is 2. The molecule has 4 rings (SSSR count). The highest BCUT2D eigenvalue weighted by Gasteiger charge is 2.20. The standard InChI is InChI=1S/C24H28N4O2S/c1-27-13-15-28(16-14-27)12-4-11-25-23(29)19-9-7-18(8-10-19)17-22-24(30)26-20-5-2-3-6-21(20)31-22/h2-3,5-10,17H,4,11-16H2,1H3,(H,25,29)(H,26,30). The van der Waals surface area contributed by atoms with Crippen molar-refractivity contribution in [3.05, 3.63) is 64.6 Å². The Hall–Kier alpha value is -2.61. The van der Waals surface area contributed by atoms with Gasteiger partial charge in [-0.25, -0.2) is 0 Å². The molecule has 0 spiro atoms. The molecule has 0 atom stereocenters. The lowest BCUT2D eigenvalue weighted by atomic mass is 10.1. The number of carbonyl (C=O) groups excluding carboxylic acids is 2. The molecule has 7 heteroatoms. The molecule has 2 aliphatic heterocycles. The zero-order valence-electron chi connectivity index (χ0n) is 17.8. The van der Waals surface area contributed by atoms with Crippen molar-refractivity contribution in [3.63, 3.8) is 0 Å². The number of benzene rings is 2. The third-order valence-electron chi connectivity index (χ3n) is 5.58. The van der Waals surface area contributed by atoms with Crippen LogP contribution in [0.1, 0.15) is 22.3 Å². The number of piperazine rings is 1. The van der Waals surface area contributed by atoms with Crippen LogP contribution in [0, 0.1) is 0 Å². The first kappa shape index (κ1) is 21.6. The molecule has 0 aliphatic carbocycles. The number of amides is 2. The van der Waals surface area contributed by atoms with Gasteiger partial charge >= 0.3 is 0 Å². The average Bonchev–Trinajstić information content (AvgIpc) is 2.79. The van der Waals surface area contributed by atoms with E-state index < -0.39 is 0 Å². The molecule has 0 bridgehead atoms. The summed E-state index contributed by atoms with van der Waals surface area (Å²) in [7, 11) is 2.15. The Balaban J connectivity index is 1.27. The molecule has 2 N–H and O–H groups in total. The van der Waals surface area contributed by atoms with Crippen LogP contribution in [0.4, 0.5) is 5.69 Å². The van der Waals surface area contributed by atoms with Crippen LogP contribution in [-0.2, 0) is 4.79 Å². The largest absolute Gasteiger partial charge is 0.352 e. The fourth-order valence-electron chi connectivity index (χ4n) is 3.66. The van der Waals surface area contributed by atoms with Crippen LogP contribution in [0.15, 0.2) is 58.3 Å². The van der Waals surface area contributed by atoms with E-state index in [1.165, 1.54) is 11.8 Å². The van der Waals surface area contributed by atoms with Crippen molar-refractivity contribution < 1.29 is 9.59 Å². The number of nitrogens with zero attached hydrogens (tertiary/aromatic N) is 2. The highest BCUT2D eigenvalue weighted by Crippen LogP contribution is 2.38. The van der Waals surface area contributed by atoms with Crippen molar-refractivity contribution in [1.29, 1.82) is 0 Å². The first-order valence-electron chi connectivity index (χ1n) is 10.7. The number of likely N-dealkylation sites (N-methyl/N-ethyl adjacent to an activating group) is 1. The maximum absolute atomic E-state index is 12.4. The molecule has 2 aromatic carbocycles. The average molecular weight is 437 g/mol. The second kappa shape index (κ2) is 10.1. The van der Waals surface area contributed by atoms with Gasteiger partial charge in [-0.05, 0) is 55.9 Å².